The smallest absolute Gasteiger partial charge is 0.331 e. The molecule has 2 aromatic carbocycles. The Morgan fingerprint density at radius 2 is 2.00 bits per heavy atom. The zero-order valence-corrected chi connectivity index (χ0v) is 21.3. The lowest BCUT2D eigenvalue weighted by Gasteiger charge is -2.30. The number of carbonyl (C=O) groups excluding carboxylic acids is 3. The highest BCUT2D eigenvalue weighted by Gasteiger charge is 2.33. The normalized spacial score (nSPS) is 15.9. The SMILES string of the molecule is CCOC(=O)C(CO)NC(=O)N1Cc2ccccc2N(C(=O)c2ccc(-n3cccn3)cc2Cl)C[C@H]1C. The second-order valence-corrected chi connectivity index (χ2v) is 8.98. The molecule has 0 saturated carbocycles. The average Bonchev–Trinajstić information content (AvgIpc) is 3.39. The molecule has 0 saturated heterocycles. The van der Waals surface area contributed by atoms with Crippen molar-refractivity contribution in [2.75, 3.05) is 24.7 Å². The molecule has 3 aromatic rings. The molecule has 2 atom stereocenters. The third-order valence-corrected chi connectivity index (χ3v) is 6.42. The first-order valence-corrected chi connectivity index (χ1v) is 12.3. The van der Waals surface area contributed by atoms with Gasteiger partial charge in [0.1, 0.15) is 0 Å². The van der Waals surface area contributed by atoms with Gasteiger partial charge in [0.15, 0.2) is 6.04 Å². The number of urea groups is 1. The van der Waals surface area contributed by atoms with Crippen LogP contribution in [0.15, 0.2) is 60.9 Å². The van der Waals surface area contributed by atoms with Crippen LogP contribution in [0.2, 0.25) is 5.02 Å². The van der Waals surface area contributed by atoms with Crippen molar-refractivity contribution in [3.8, 4) is 5.69 Å². The Morgan fingerprint density at radius 1 is 1.22 bits per heavy atom. The fraction of sp³-hybridized carbons (Fsp3) is 0.308. The Balaban J connectivity index is 1.60. The number of fused-ring (bicyclic) bond motifs is 1. The van der Waals surface area contributed by atoms with Crippen LogP contribution in [0.3, 0.4) is 0 Å². The molecule has 1 unspecified atom stereocenters. The van der Waals surface area contributed by atoms with Gasteiger partial charge in [0.2, 0.25) is 0 Å². The lowest BCUT2D eigenvalue weighted by molar-refractivity contribution is -0.146. The van der Waals surface area contributed by atoms with E-state index in [0.29, 0.717) is 11.3 Å². The molecule has 1 aliphatic rings. The number of para-hydroxylation sites is 1. The minimum atomic E-state index is -1.19. The number of aromatic nitrogens is 2. The summed E-state index contributed by atoms with van der Waals surface area (Å²) in [5.74, 6) is -1.02. The van der Waals surface area contributed by atoms with Crippen molar-refractivity contribution in [3.63, 3.8) is 0 Å². The molecule has 10 nitrogen and oxygen atoms in total. The highest BCUT2D eigenvalue weighted by atomic mass is 35.5. The monoisotopic (exact) mass is 525 g/mol. The van der Waals surface area contributed by atoms with Crippen molar-refractivity contribution >= 4 is 35.2 Å². The Kier molecular flexibility index (Phi) is 8.10. The van der Waals surface area contributed by atoms with Gasteiger partial charge in [0.25, 0.3) is 5.91 Å². The second-order valence-electron chi connectivity index (χ2n) is 8.57. The maximum Gasteiger partial charge on any atom is 0.331 e. The first-order chi connectivity index (χ1) is 17.8. The van der Waals surface area contributed by atoms with Crippen LogP contribution >= 0.6 is 11.6 Å². The van der Waals surface area contributed by atoms with Gasteiger partial charge < -0.3 is 25.0 Å². The van der Waals surface area contributed by atoms with E-state index in [4.69, 9.17) is 16.3 Å². The third kappa shape index (κ3) is 5.60. The summed E-state index contributed by atoms with van der Waals surface area (Å²) in [6.45, 7) is 3.36. The fourth-order valence-electron chi connectivity index (χ4n) is 4.21. The minimum absolute atomic E-state index is 0.126. The molecule has 2 heterocycles. The van der Waals surface area contributed by atoms with E-state index in [1.807, 2.05) is 31.2 Å². The van der Waals surface area contributed by atoms with E-state index in [-0.39, 0.29) is 30.6 Å². The predicted octanol–water partition coefficient (Wildman–Crippen LogP) is 3.01. The summed E-state index contributed by atoms with van der Waals surface area (Å²) in [6, 6.07) is 12.0. The van der Waals surface area contributed by atoms with Crippen molar-refractivity contribution in [1.29, 1.82) is 0 Å². The predicted molar refractivity (Wildman–Crippen MR) is 138 cm³/mol. The molecule has 0 fully saturated rings. The molecule has 2 N–H and O–H groups in total. The molecule has 37 heavy (non-hydrogen) atoms. The standard InChI is InChI=1S/C26H28ClN5O5/c1-3-37-25(35)22(16-33)29-26(36)30-15-18-7-4-5-8-23(18)31(14-17(30)2)24(34)20-10-9-19(13-21(20)27)32-12-6-11-28-32/h4-13,17,22,33H,3,14-16H2,1-2H3,(H,29,36)/t17-,22?/m1/s1. The number of nitrogens with one attached hydrogen (secondary N) is 1. The number of aliphatic hydroxyl groups excluding tert-OH is 1. The minimum Gasteiger partial charge on any atom is -0.464 e. The van der Waals surface area contributed by atoms with Crippen LogP contribution in [-0.4, -0.2) is 69.5 Å². The molecule has 1 aliphatic heterocycles. The van der Waals surface area contributed by atoms with Crippen LogP contribution in [0.25, 0.3) is 5.69 Å². The number of carbonyl (C=O) groups is 3. The van der Waals surface area contributed by atoms with Gasteiger partial charge in [-0.1, -0.05) is 29.8 Å². The molecule has 0 aliphatic carbocycles. The Morgan fingerprint density at radius 3 is 2.68 bits per heavy atom. The van der Waals surface area contributed by atoms with E-state index in [2.05, 4.69) is 10.4 Å². The lowest BCUT2D eigenvalue weighted by atomic mass is 10.1. The summed E-state index contributed by atoms with van der Waals surface area (Å²) in [4.78, 5) is 42.1. The van der Waals surface area contributed by atoms with E-state index in [1.54, 1.807) is 53.2 Å². The Bertz CT molecular complexity index is 1280. The van der Waals surface area contributed by atoms with Crippen molar-refractivity contribution in [3.05, 3.63) is 77.1 Å². The van der Waals surface area contributed by atoms with Crippen LogP contribution in [0, 0.1) is 0 Å². The second kappa shape index (κ2) is 11.4. The molecule has 0 bridgehead atoms. The summed E-state index contributed by atoms with van der Waals surface area (Å²) < 4.78 is 6.58. The number of anilines is 1. The summed E-state index contributed by atoms with van der Waals surface area (Å²) in [5.41, 5.74) is 2.45. The molecular formula is C26H28ClN5O5. The van der Waals surface area contributed by atoms with Crippen molar-refractivity contribution in [2.45, 2.75) is 32.5 Å². The number of ether oxygens (including phenoxy) is 1. The van der Waals surface area contributed by atoms with Crippen LogP contribution in [-0.2, 0) is 16.1 Å². The van der Waals surface area contributed by atoms with Crippen LogP contribution in [0.5, 0.6) is 0 Å². The number of hydrogen-bond acceptors (Lipinski definition) is 6. The fourth-order valence-corrected chi connectivity index (χ4v) is 4.47. The van der Waals surface area contributed by atoms with Gasteiger partial charge in [0.05, 0.1) is 29.5 Å². The van der Waals surface area contributed by atoms with Crippen LogP contribution in [0.1, 0.15) is 29.8 Å². The maximum atomic E-state index is 13.7. The topological polar surface area (TPSA) is 117 Å². The number of halogens is 1. The van der Waals surface area contributed by atoms with E-state index >= 15 is 0 Å². The number of hydrogen-bond donors (Lipinski definition) is 2. The largest absolute Gasteiger partial charge is 0.464 e. The number of nitrogens with zero attached hydrogens (tertiary/aromatic N) is 4. The first-order valence-electron chi connectivity index (χ1n) is 11.9. The van der Waals surface area contributed by atoms with Gasteiger partial charge in [-0.3, -0.25) is 4.79 Å². The van der Waals surface area contributed by atoms with Gasteiger partial charge >= 0.3 is 12.0 Å². The Hall–Kier alpha value is -3.89. The van der Waals surface area contributed by atoms with Gasteiger partial charge in [-0.05, 0) is 49.7 Å². The molecule has 11 heteroatoms. The van der Waals surface area contributed by atoms with Crippen LogP contribution < -0.4 is 10.2 Å². The van der Waals surface area contributed by atoms with Crippen molar-refractivity contribution in [2.24, 2.45) is 0 Å². The van der Waals surface area contributed by atoms with Gasteiger partial charge in [0, 0.05) is 37.2 Å². The first kappa shape index (κ1) is 26.2. The summed E-state index contributed by atoms with van der Waals surface area (Å²) in [6.07, 6.45) is 3.43. The number of rotatable bonds is 6. The van der Waals surface area contributed by atoms with Crippen LogP contribution in [0.4, 0.5) is 10.5 Å². The molecule has 194 valence electrons. The molecule has 4 rings (SSSR count). The molecule has 0 radical (unpaired) electrons. The van der Waals surface area contributed by atoms with Gasteiger partial charge in [-0.2, -0.15) is 5.10 Å². The highest BCUT2D eigenvalue weighted by molar-refractivity contribution is 6.34. The molecular weight excluding hydrogens is 498 g/mol. The molecule has 1 aromatic heterocycles. The van der Waals surface area contributed by atoms with Crippen molar-refractivity contribution in [1.82, 2.24) is 20.0 Å². The van der Waals surface area contributed by atoms with E-state index in [0.717, 1.165) is 11.3 Å². The number of amides is 3. The number of aliphatic hydroxyl groups is 1. The van der Waals surface area contributed by atoms with Gasteiger partial charge in [-0.25, -0.2) is 14.3 Å². The average molecular weight is 526 g/mol. The maximum absolute atomic E-state index is 13.7. The summed E-state index contributed by atoms with van der Waals surface area (Å²) >= 11 is 6.54. The zero-order valence-electron chi connectivity index (χ0n) is 20.5. The summed E-state index contributed by atoms with van der Waals surface area (Å²) in [5, 5.41) is 16.6. The Labute approximate surface area is 219 Å². The zero-order chi connectivity index (χ0) is 26.5. The van der Waals surface area contributed by atoms with E-state index in [1.165, 1.54) is 4.90 Å². The number of esters is 1. The third-order valence-electron chi connectivity index (χ3n) is 6.11. The van der Waals surface area contributed by atoms with E-state index in [9.17, 15) is 19.5 Å². The summed E-state index contributed by atoms with van der Waals surface area (Å²) in [7, 11) is 0. The molecule has 0 spiro atoms. The number of benzene rings is 2. The van der Waals surface area contributed by atoms with E-state index < -0.39 is 30.7 Å². The molecule has 3 amide bonds. The highest BCUT2D eigenvalue weighted by Crippen LogP contribution is 2.30. The van der Waals surface area contributed by atoms with Gasteiger partial charge in [-0.15, -0.1) is 0 Å². The lowest BCUT2D eigenvalue weighted by Crippen LogP contribution is -2.53. The van der Waals surface area contributed by atoms with Crippen molar-refractivity contribution < 1.29 is 24.2 Å². The quantitative estimate of drug-likeness (QED) is 0.478.